The predicted molar refractivity (Wildman–Crippen MR) is 54.0 cm³/mol. The van der Waals surface area contributed by atoms with Gasteiger partial charge in [-0.2, -0.15) is 0 Å². The molecular formula is C10H11NO4. The highest BCUT2D eigenvalue weighted by molar-refractivity contribution is 6.07. The van der Waals surface area contributed by atoms with Crippen molar-refractivity contribution in [3.05, 3.63) is 23.8 Å². The summed E-state index contributed by atoms with van der Waals surface area (Å²) in [6.45, 7) is 0. The van der Waals surface area contributed by atoms with E-state index in [1.165, 1.54) is 25.3 Å². The van der Waals surface area contributed by atoms with E-state index in [9.17, 15) is 9.59 Å². The first-order valence-corrected chi connectivity index (χ1v) is 4.23. The SMILES string of the molecule is COc1cc(N)ccc1C(=O)CC(=O)O. The molecule has 0 aliphatic carbocycles. The molecule has 0 amide bonds. The van der Waals surface area contributed by atoms with Gasteiger partial charge in [-0.15, -0.1) is 0 Å². The summed E-state index contributed by atoms with van der Waals surface area (Å²) >= 11 is 0. The molecule has 0 bridgehead atoms. The van der Waals surface area contributed by atoms with Crippen LogP contribution in [-0.4, -0.2) is 24.0 Å². The quantitative estimate of drug-likeness (QED) is 0.437. The van der Waals surface area contributed by atoms with Gasteiger partial charge >= 0.3 is 5.97 Å². The molecule has 0 saturated carbocycles. The third kappa shape index (κ3) is 2.70. The zero-order chi connectivity index (χ0) is 11.4. The number of ether oxygens (including phenoxy) is 1. The lowest BCUT2D eigenvalue weighted by Gasteiger charge is -2.06. The zero-order valence-corrected chi connectivity index (χ0v) is 8.19. The fourth-order valence-electron chi connectivity index (χ4n) is 1.17. The number of methoxy groups -OCH3 is 1. The number of benzene rings is 1. The number of nitrogen functional groups attached to an aromatic ring is 1. The lowest BCUT2D eigenvalue weighted by molar-refractivity contribution is -0.135. The minimum Gasteiger partial charge on any atom is -0.496 e. The van der Waals surface area contributed by atoms with E-state index in [0.29, 0.717) is 11.4 Å². The summed E-state index contributed by atoms with van der Waals surface area (Å²) in [6.07, 6.45) is -0.555. The van der Waals surface area contributed by atoms with Crippen LogP contribution >= 0.6 is 0 Å². The van der Waals surface area contributed by atoms with Gasteiger partial charge in [0.05, 0.1) is 12.7 Å². The Balaban J connectivity index is 3.02. The van der Waals surface area contributed by atoms with Crippen LogP contribution in [0.3, 0.4) is 0 Å². The van der Waals surface area contributed by atoms with Crippen molar-refractivity contribution in [2.24, 2.45) is 0 Å². The Kier molecular flexibility index (Phi) is 3.28. The number of carbonyl (C=O) groups excluding carboxylic acids is 1. The van der Waals surface area contributed by atoms with Gasteiger partial charge in [-0.3, -0.25) is 9.59 Å². The van der Waals surface area contributed by atoms with E-state index in [2.05, 4.69) is 0 Å². The Bertz CT molecular complexity index is 400. The summed E-state index contributed by atoms with van der Waals surface area (Å²) in [7, 11) is 1.40. The highest BCUT2D eigenvalue weighted by atomic mass is 16.5. The Morgan fingerprint density at radius 1 is 1.47 bits per heavy atom. The topological polar surface area (TPSA) is 89.6 Å². The van der Waals surface area contributed by atoms with Crippen LogP contribution in [0.25, 0.3) is 0 Å². The summed E-state index contributed by atoms with van der Waals surface area (Å²) in [5.41, 5.74) is 6.18. The van der Waals surface area contributed by atoms with Crippen LogP contribution in [-0.2, 0) is 4.79 Å². The van der Waals surface area contributed by atoms with E-state index in [1.54, 1.807) is 0 Å². The van der Waals surface area contributed by atoms with Crippen LogP contribution in [0.5, 0.6) is 5.75 Å². The number of anilines is 1. The third-order valence-electron chi connectivity index (χ3n) is 1.84. The Hall–Kier alpha value is -2.04. The Labute approximate surface area is 86.5 Å². The maximum absolute atomic E-state index is 11.4. The number of ketones is 1. The molecule has 0 fully saturated rings. The number of carboxylic acid groups (broad SMARTS) is 1. The minimum atomic E-state index is -1.17. The van der Waals surface area contributed by atoms with Gasteiger partial charge < -0.3 is 15.6 Å². The molecule has 0 aromatic heterocycles. The zero-order valence-electron chi connectivity index (χ0n) is 8.19. The van der Waals surface area contributed by atoms with Gasteiger partial charge in [0, 0.05) is 11.8 Å². The average Bonchev–Trinajstić information content (AvgIpc) is 2.16. The molecular weight excluding hydrogens is 198 g/mol. The molecule has 0 unspecified atom stereocenters. The molecule has 15 heavy (non-hydrogen) atoms. The van der Waals surface area contributed by atoms with Crippen molar-refractivity contribution in [2.45, 2.75) is 6.42 Å². The summed E-state index contributed by atoms with van der Waals surface area (Å²) < 4.78 is 4.94. The van der Waals surface area contributed by atoms with Crippen molar-refractivity contribution in [3.8, 4) is 5.75 Å². The van der Waals surface area contributed by atoms with Gasteiger partial charge in [-0.1, -0.05) is 0 Å². The monoisotopic (exact) mass is 209 g/mol. The van der Waals surface area contributed by atoms with Crippen molar-refractivity contribution in [2.75, 3.05) is 12.8 Å². The first-order valence-electron chi connectivity index (χ1n) is 4.23. The van der Waals surface area contributed by atoms with Gasteiger partial charge in [0.25, 0.3) is 0 Å². The lowest BCUT2D eigenvalue weighted by Crippen LogP contribution is -2.08. The first-order chi connectivity index (χ1) is 7.04. The molecule has 3 N–H and O–H groups in total. The number of carbonyl (C=O) groups is 2. The normalized spacial score (nSPS) is 9.67. The minimum absolute atomic E-state index is 0.231. The number of carboxylic acids is 1. The van der Waals surface area contributed by atoms with E-state index in [4.69, 9.17) is 15.6 Å². The molecule has 0 aliphatic heterocycles. The molecule has 1 rings (SSSR count). The van der Waals surface area contributed by atoms with Crippen LogP contribution in [0.1, 0.15) is 16.8 Å². The number of hydrogen-bond acceptors (Lipinski definition) is 4. The number of nitrogens with two attached hydrogens (primary N) is 1. The van der Waals surface area contributed by atoms with Crippen LogP contribution < -0.4 is 10.5 Å². The van der Waals surface area contributed by atoms with Crippen molar-refractivity contribution in [1.82, 2.24) is 0 Å². The lowest BCUT2D eigenvalue weighted by atomic mass is 10.1. The average molecular weight is 209 g/mol. The standard InChI is InChI=1S/C10H11NO4/c1-15-9-4-6(11)2-3-7(9)8(12)5-10(13)14/h2-4H,5,11H2,1H3,(H,13,14). The molecule has 0 aliphatic rings. The third-order valence-corrected chi connectivity index (χ3v) is 1.84. The molecule has 0 radical (unpaired) electrons. The molecule has 0 atom stereocenters. The second-order valence-electron chi connectivity index (χ2n) is 2.95. The van der Waals surface area contributed by atoms with Crippen LogP contribution in [0.4, 0.5) is 5.69 Å². The van der Waals surface area contributed by atoms with Gasteiger partial charge in [0.2, 0.25) is 0 Å². The second-order valence-corrected chi connectivity index (χ2v) is 2.95. The summed E-state index contributed by atoms with van der Waals surface area (Å²) in [5, 5.41) is 8.48. The first kappa shape index (κ1) is 11.0. The number of aliphatic carboxylic acids is 1. The Morgan fingerprint density at radius 3 is 2.67 bits per heavy atom. The molecule has 0 heterocycles. The molecule has 1 aromatic rings. The molecule has 0 spiro atoms. The van der Waals surface area contributed by atoms with Crippen molar-refractivity contribution in [1.29, 1.82) is 0 Å². The van der Waals surface area contributed by atoms with Crippen molar-refractivity contribution in [3.63, 3.8) is 0 Å². The fourth-order valence-corrected chi connectivity index (χ4v) is 1.17. The number of rotatable bonds is 4. The molecule has 5 heteroatoms. The highest BCUT2D eigenvalue weighted by Gasteiger charge is 2.15. The van der Waals surface area contributed by atoms with Gasteiger partial charge in [0.1, 0.15) is 12.2 Å². The van der Waals surface area contributed by atoms with Gasteiger partial charge in [-0.05, 0) is 12.1 Å². The fraction of sp³-hybridized carbons (Fsp3) is 0.200. The molecule has 0 saturated heterocycles. The molecule has 5 nitrogen and oxygen atoms in total. The van der Waals surface area contributed by atoms with E-state index in [0.717, 1.165) is 0 Å². The number of Topliss-reactive ketones (excluding diaryl/α,β-unsaturated/α-hetero) is 1. The van der Waals surface area contributed by atoms with Crippen LogP contribution in [0.2, 0.25) is 0 Å². The smallest absolute Gasteiger partial charge is 0.311 e. The van der Waals surface area contributed by atoms with Gasteiger partial charge in [0.15, 0.2) is 5.78 Å². The highest BCUT2D eigenvalue weighted by Crippen LogP contribution is 2.22. The summed E-state index contributed by atoms with van der Waals surface area (Å²) in [5.74, 6) is -1.38. The predicted octanol–water partition coefficient (Wildman–Crippen LogP) is 0.935. The van der Waals surface area contributed by atoms with Crippen molar-refractivity contribution >= 4 is 17.4 Å². The van der Waals surface area contributed by atoms with Crippen LogP contribution in [0.15, 0.2) is 18.2 Å². The largest absolute Gasteiger partial charge is 0.496 e. The maximum Gasteiger partial charge on any atom is 0.311 e. The van der Waals surface area contributed by atoms with Gasteiger partial charge in [-0.25, -0.2) is 0 Å². The summed E-state index contributed by atoms with van der Waals surface area (Å²) in [6, 6.07) is 4.46. The van der Waals surface area contributed by atoms with E-state index in [1.807, 2.05) is 0 Å². The molecule has 80 valence electrons. The van der Waals surface area contributed by atoms with Crippen molar-refractivity contribution < 1.29 is 19.4 Å². The van der Waals surface area contributed by atoms with Crippen LogP contribution in [0, 0.1) is 0 Å². The van der Waals surface area contributed by atoms with E-state index < -0.39 is 18.2 Å². The van der Waals surface area contributed by atoms with E-state index in [-0.39, 0.29) is 5.56 Å². The summed E-state index contributed by atoms with van der Waals surface area (Å²) in [4.78, 5) is 21.8. The Morgan fingerprint density at radius 2 is 2.13 bits per heavy atom. The number of hydrogen-bond donors (Lipinski definition) is 2. The maximum atomic E-state index is 11.4. The molecule has 1 aromatic carbocycles. The van der Waals surface area contributed by atoms with E-state index >= 15 is 0 Å². The second kappa shape index (κ2) is 4.45.